The number of imide groups is 1. The van der Waals surface area contributed by atoms with Gasteiger partial charge in [0.2, 0.25) is 0 Å². The van der Waals surface area contributed by atoms with Crippen molar-refractivity contribution < 1.29 is 9.59 Å². The minimum absolute atomic E-state index is 0.230. The van der Waals surface area contributed by atoms with Gasteiger partial charge in [-0.15, -0.1) is 0 Å². The fraction of sp³-hybridized carbons (Fsp3) is 0.273. The fourth-order valence-corrected chi connectivity index (χ4v) is 4.30. The summed E-state index contributed by atoms with van der Waals surface area (Å²) in [4.78, 5) is 28.9. The molecule has 0 aliphatic carbocycles. The molecule has 2 aromatic rings. The summed E-state index contributed by atoms with van der Waals surface area (Å²) >= 11 is 13.3. The summed E-state index contributed by atoms with van der Waals surface area (Å²) in [6, 6.07) is 14.3. The molecule has 1 aliphatic heterocycles. The Bertz CT molecular complexity index is 892. The van der Waals surface area contributed by atoms with Gasteiger partial charge < -0.3 is 0 Å². The lowest BCUT2D eigenvalue weighted by molar-refractivity contribution is -0.136. The van der Waals surface area contributed by atoms with E-state index >= 15 is 0 Å². The molecule has 28 heavy (non-hydrogen) atoms. The third kappa shape index (κ3) is 4.80. The summed E-state index contributed by atoms with van der Waals surface area (Å²) in [5.41, 5.74) is 1.15. The third-order valence-corrected chi connectivity index (χ3v) is 6.12. The van der Waals surface area contributed by atoms with E-state index in [1.807, 2.05) is 12.1 Å². The van der Waals surface area contributed by atoms with Crippen molar-refractivity contribution in [3.05, 3.63) is 69.0 Å². The number of hydrogen-bond donors (Lipinski definition) is 0. The maximum atomic E-state index is 13.1. The molecule has 0 fully saturated rings. The highest BCUT2D eigenvalue weighted by Crippen LogP contribution is 2.40. The Morgan fingerprint density at radius 1 is 0.821 bits per heavy atom. The van der Waals surface area contributed by atoms with E-state index < -0.39 is 0 Å². The smallest absolute Gasteiger partial charge is 0.268 e. The summed E-state index contributed by atoms with van der Waals surface area (Å²) in [5.74, 6) is -0.466. The average Bonchev–Trinajstić information content (AvgIpc) is 2.92. The van der Waals surface area contributed by atoms with Crippen LogP contribution in [0.15, 0.2) is 58.3 Å². The van der Waals surface area contributed by atoms with Crippen LogP contribution in [0.2, 0.25) is 10.0 Å². The second kappa shape index (κ2) is 9.64. The van der Waals surface area contributed by atoms with Crippen LogP contribution in [0, 0.1) is 0 Å². The van der Waals surface area contributed by atoms with Crippen molar-refractivity contribution in [2.75, 3.05) is 6.54 Å². The summed E-state index contributed by atoms with van der Waals surface area (Å²) in [6.07, 6.45) is 4.02. The number of hydrogen-bond acceptors (Lipinski definition) is 3. The Hall–Kier alpha value is -1.75. The second-order valence-corrected chi connectivity index (χ2v) is 8.55. The first-order chi connectivity index (χ1) is 13.5. The number of carbonyl (C=O) groups is 2. The molecule has 0 radical (unpaired) electrons. The van der Waals surface area contributed by atoms with E-state index in [0.717, 1.165) is 30.6 Å². The number of nitrogens with zero attached hydrogens (tertiary/aromatic N) is 1. The lowest BCUT2D eigenvalue weighted by Crippen LogP contribution is -2.32. The van der Waals surface area contributed by atoms with Crippen molar-refractivity contribution >= 4 is 52.4 Å². The van der Waals surface area contributed by atoms with E-state index in [4.69, 9.17) is 23.2 Å². The summed E-state index contributed by atoms with van der Waals surface area (Å²) < 4.78 is 0. The molecule has 1 aliphatic rings. The molecule has 1 heterocycles. The predicted molar refractivity (Wildman–Crippen MR) is 117 cm³/mol. The first kappa shape index (κ1) is 21.0. The molecular weight excluding hydrogens is 413 g/mol. The van der Waals surface area contributed by atoms with Gasteiger partial charge in [-0.05, 0) is 48.4 Å². The highest BCUT2D eigenvalue weighted by molar-refractivity contribution is 8.04. The molecule has 2 aromatic carbocycles. The third-order valence-electron chi connectivity index (χ3n) is 4.53. The molecule has 3 nitrogen and oxygen atoms in total. The topological polar surface area (TPSA) is 37.4 Å². The molecule has 0 saturated carbocycles. The Morgan fingerprint density at radius 3 is 2.04 bits per heavy atom. The van der Waals surface area contributed by atoms with Gasteiger partial charge in [-0.1, -0.05) is 73.3 Å². The number of benzene rings is 2. The molecule has 3 rings (SSSR count). The lowest BCUT2D eigenvalue weighted by atomic mass is 10.1. The van der Waals surface area contributed by atoms with Gasteiger partial charge in [0.1, 0.15) is 0 Å². The van der Waals surface area contributed by atoms with Crippen LogP contribution in [0.1, 0.15) is 38.2 Å². The van der Waals surface area contributed by atoms with E-state index in [2.05, 4.69) is 6.92 Å². The first-order valence-corrected chi connectivity index (χ1v) is 10.9. The van der Waals surface area contributed by atoms with Gasteiger partial charge in [0.25, 0.3) is 11.8 Å². The van der Waals surface area contributed by atoms with Crippen LogP contribution >= 0.6 is 35.0 Å². The molecule has 0 saturated heterocycles. The molecule has 146 valence electrons. The van der Waals surface area contributed by atoms with Crippen LogP contribution in [0.25, 0.3) is 5.57 Å². The molecule has 0 N–H and O–H groups in total. The van der Waals surface area contributed by atoms with Crippen LogP contribution in [-0.4, -0.2) is 23.3 Å². The van der Waals surface area contributed by atoms with Gasteiger partial charge in [0, 0.05) is 21.5 Å². The van der Waals surface area contributed by atoms with Crippen molar-refractivity contribution in [2.45, 2.75) is 37.5 Å². The zero-order valence-corrected chi connectivity index (χ0v) is 17.9. The molecule has 0 unspecified atom stereocenters. The molecule has 0 atom stereocenters. The average molecular weight is 434 g/mol. The SMILES string of the molecule is CCCCCCN1C(=O)C(Sc2ccc(Cl)cc2)=C(c2ccc(Cl)cc2)C1=O. The van der Waals surface area contributed by atoms with Crippen LogP contribution in [0.5, 0.6) is 0 Å². The maximum Gasteiger partial charge on any atom is 0.268 e. The Kier molecular flexibility index (Phi) is 7.22. The van der Waals surface area contributed by atoms with Crippen LogP contribution in [-0.2, 0) is 9.59 Å². The maximum absolute atomic E-state index is 13.1. The number of unbranched alkanes of at least 4 members (excludes halogenated alkanes) is 3. The van der Waals surface area contributed by atoms with Crippen molar-refractivity contribution in [1.82, 2.24) is 4.90 Å². The van der Waals surface area contributed by atoms with Gasteiger partial charge in [-0.3, -0.25) is 14.5 Å². The van der Waals surface area contributed by atoms with Crippen LogP contribution in [0.4, 0.5) is 0 Å². The van der Waals surface area contributed by atoms with E-state index in [9.17, 15) is 9.59 Å². The summed E-state index contributed by atoms with van der Waals surface area (Å²) in [5, 5.41) is 1.21. The summed E-state index contributed by atoms with van der Waals surface area (Å²) in [6.45, 7) is 2.58. The predicted octanol–water partition coefficient (Wildman–Crippen LogP) is 6.45. The van der Waals surface area contributed by atoms with Crippen LogP contribution in [0.3, 0.4) is 0 Å². The zero-order chi connectivity index (χ0) is 20.1. The van der Waals surface area contributed by atoms with Gasteiger partial charge in [0.05, 0.1) is 10.5 Å². The number of halogens is 2. The standard InChI is InChI=1S/C22H21Cl2NO2S/c1-2-3-4-5-14-25-21(26)19(15-6-8-16(23)9-7-15)20(22(25)27)28-18-12-10-17(24)11-13-18/h6-13H,2-5,14H2,1H3. The molecule has 2 amide bonds. The van der Waals surface area contributed by atoms with E-state index in [-0.39, 0.29) is 11.8 Å². The number of rotatable bonds is 8. The van der Waals surface area contributed by atoms with Gasteiger partial charge in [-0.25, -0.2) is 0 Å². The van der Waals surface area contributed by atoms with Gasteiger partial charge >= 0.3 is 0 Å². The monoisotopic (exact) mass is 433 g/mol. The van der Waals surface area contributed by atoms with Crippen molar-refractivity contribution in [3.63, 3.8) is 0 Å². The number of amides is 2. The first-order valence-electron chi connectivity index (χ1n) is 9.31. The zero-order valence-electron chi connectivity index (χ0n) is 15.6. The highest BCUT2D eigenvalue weighted by Gasteiger charge is 2.39. The minimum atomic E-state index is -0.236. The van der Waals surface area contributed by atoms with Crippen LogP contribution < -0.4 is 0 Å². The second-order valence-electron chi connectivity index (χ2n) is 6.59. The largest absolute Gasteiger partial charge is 0.274 e. The highest BCUT2D eigenvalue weighted by atomic mass is 35.5. The molecule has 0 bridgehead atoms. The Balaban J connectivity index is 1.92. The van der Waals surface area contributed by atoms with Gasteiger partial charge in [-0.2, -0.15) is 0 Å². The van der Waals surface area contributed by atoms with Crippen molar-refractivity contribution in [2.24, 2.45) is 0 Å². The van der Waals surface area contributed by atoms with Gasteiger partial charge in [0.15, 0.2) is 0 Å². The van der Waals surface area contributed by atoms with Crippen molar-refractivity contribution in [3.8, 4) is 0 Å². The Morgan fingerprint density at radius 2 is 1.43 bits per heavy atom. The molecule has 0 aromatic heterocycles. The van der Waals surface area contributed by atoms with E-state index in [1.54, 1.807) is 36.4 Å². The number of thioether (sulfide) groups is 1. The Labute approximate surface area is 179 Å². The minimum Gasteiger partial charge on any atom is -0.274 e. The lowest BCUT2D eigenvalue weighted by Gasteiger charge is -2.14. The van der Waals surface area contributed by atoms with E-state index in [1.165, 1.54) is 16.7 Å². The summed E-state index contributed by atoms with van der Waals surface area (Å²) in [7, 11) is 0. The van der Waals surface area contributed by atoms with Crippen molar-refractivity contribution in [1.29, 1.82) is 0 Å². The normalized spacial score (nSPS) is 14.3. The molecular formula is C22H21Cl2NO2S. The molecule has 6 heteroatoms. The number of carbonyl (C=O) groups excluding carboxylic acids is 2. The quantitative estimate of drug-likeness (QED) is 0.354. The fourth-order valence-electron chi connectivity index (χ4n) is 3.04. The van der Waals surface area contributed by atoms with E-state index in [0.29, 0.717) is 32.6 Å². The molecule has 0 spiro atoms.